The van der Waals surface area contributed by atoms with Crippen molar-refractivity contribution in [1.29, 1.82) is 0 Å². The Morgan fingerprint density at radius 1 is 1.16 bits per heavy atom. The molecule has 1 aliphatic rings. The highest BCUT2D eigenvalue weighted by Gasteiger charge is 2.29. The molecule has 1 heterocycles. The molecule has 0 amide bonds. The van der Waals surface area contributed by atoms with Crippen LogP contribution >= 0.6 is 11.6 Å². The van der Waals surface area contributed by atoms with Crippen LogP contribution in [0.1, 0.15) is 0 Å². The minimum absolute atomic E-state index is 0.220. The number of anilines is 1. The number of sulfonamides is 1. The van der Waals surface area contributed by atoms with Gasteiger partial charge >= 0.3 is 0 Å². The van der Waals surface area contributed by atoms with E-state index in [0.717, 1.165) is 5.56 Å². The van der Waals surface area contributed by atoms with Crippen LogP contribution in [0.15, 0.2) is 41.3 Å². The first-order chi connectivity index (χ1) is 9.03. The second-order valence-corrected chi connectivity index (χ2v) is 6.22. The average molecular weight is 296 g/mol. The predicted octanol–water partition coefficient (Wildman–Crippen LogP) is 3.13. The molecule has 0 fully saturated rings. The molecule has 0 atom stereocenters. The van der Waals surface area contributed by atoms with Gasteiger partial charge in [-0.1, -0.05) is 23.7 Å². The largest absolute Gasteiger partial charge is 0.495 e. The summed E-state index contributed by atoms with van der Waals surface area (Å²) in [6.07, 6.45) is 0. The molecule has 98 valence electrons. The van der Waals surface area contributed by atoms with Crippen LogP contribution in [0.4, 0.5) is 5.69 Å². The van der Waals surface area contributed by atoms with Crippen LogP contribution in [-0.4, -0.2) is 15.5 Å². The minimum Gasteiger partial charge on any atom is -0.495 e. The fourth-order valence-electron chi connectivity index (χ4n) is 2.17. The Hall–Kier alpha value is -1.72. The van der Waals surface area contributed by atoms with Gasteiger partial charge in [-0.3, -0.25) is 4.72 Å². The van der Waals surface area contributed by atoms with Gasteiger partial charge in [0.05, 0.1) is 17.7 Å². The topological polar surface area (TPSA) is 55.4 Å². The summed E-state index contributed by atoms with van der Waals surface area (Å²) < 4.78 is 32.1. The fourth-order valence-corrected chi connectivity index (χ4v) is 3.63. The van der Waals surface area contributed by atoms with Crippen molar-refractivity contribution in [1.82, 2.24) is 0 Å². The van der Waals surface area contributed by atoms with Gasteiger partial charge in [0.25, 0.3) is 10.0 Å². The summed E-state index contributed by atoms with van der Waals surface area (Å²) in [5, 5.41) is 0.490. The van der Waals surface area contributed by atoms with Crippen LogP contribution in [0.5, 0.6) is 5.75 Å². The molecule has 4 nitrogen and oxygen atoms in total. The van der Waals surface area contributed by atoms with Gasteiger partial charge in [-0.2, -0.15) is 0 Å². The van der Waals surface area contributed by atoms with E-state index in [1.807, 2.05) is 12.1 Å². The Balaban J connectivity index is 2.40. The van der Waals surface area contributed by atoms with E-state index in [0.29, 0.717) is 22.0 Å². The summed E-state index contributed by atoms with van der Waals surface area (Å²) in [5.74, 6) is 0.478. The Morgan fingerprint density at radius 3 is 2.68 bits per heavy atom. The third-order valence-corrected chi connectivity index (χ3v) is 4.65. The molecule has 0 radical (unpaired) electrons. The standard InChI is InChI=1S/C13H10ClNO3S/c1-18-11-4-2-3-9-10-7-8(14)5-6-12(10)19(16,17)15-13(9)11/h2-7,15H,1H3. The molecule has 19 heavy (non-hydrogen) atoms. The van der Waals surface area contributed by atoms with Crippen molar-refractivity contribution in [2.75, 3.05) is 11.8 Å². The van der Waals surface area contributed by atoms with Crippen LogP contribution in [0.25, 0.3) is 11.1 Å². The maximum Gasteiger partial charge on any atom is 0.262 e. The molecule has 3 rings (SSSR count). The third-order valence-electron chi connectivity index (χ3n) is 3.00. The maximum atomic E-state index is 12.2. The number of para-hydroxylation sites is 1. The zero-order chi connectivity index (χ0) is 13.6. The maximum absolute atomic E-state index is 12.2. The summed E-state index contributed by atoms with van der Waals surface area (Å²) >= 11 is 5.96. The molecule has 2 aromatic carbocycles. The number of ether oxygens (including phenoxy) is 1. The summed E-state index contributed by atoms with van der Waals surface area (Å²) in [7, 11) is -2.10. The second-order valence-electron chi connectivity index (χ2n) is 4.13. The molecule has 0 aromatic heterocycles. The van der Waals surface area contributed by atoms with Gasteiger partial charge in [-0.05, 0) is 24.3 Å². The molecule has 2 aromatic rings. The molecular weight excluding hydrogens is 286 g/mol. The monoisotopic (exact) mass is 295 g/mol. The summed E-state index contributed by atoms with van der Waals surface area (Å²) in [6, 6.07) is 10.0. The van der Waals surface area contributed by atoms with E-state index in [-0.39, 0.29) is 4.90 Å². The minimum atomic E-state index is -3.59. The van der Waals surface area contributed by atoms with Gasteiger partial charge in [0.2, 0.25) is 0 Å². The number of hydrogen-bond acceptors (Lipinski definition) is 3. The third kappa shape index (κ3) is 1.86. The highest BCUT2D eigenvalue weighted by molar-refractivity contribution is 7.93. The lowest BCUT2D eigenvalue weighted by atomic mass is 10.0. The van der Waals surface area contributed by atoms with Gasteiger partial charge in [0, 0.05) is 16.1 Å². The van der Waals surface area contributed by atoms with Crippen LogP contribution in [0, 0.1) is 0 Å². The zero-order valence-electron chi connectivity index (χ0n) is 9.98. The number of fused-ring (bicyclic) bond motifs is 3. The first-order valence-electron chi connectivity index (χ1n) is 5.52. The number of rotatable bonds is 1. The fraction of sp³-hybridized carbons (Fsp3) is 0.0769. The molecule has 1 aliphatic heterocycles. The first kappa shape index (κ1) is 12.3. The SMILES string of the molecule is COc1cccc2c1NS(=O)(=O)c1ccc(Cl)cc1-2. The molecule has 0 saturated carbocycles. The molecule has 1 N–H and O–H groups in total. The average Bonchev–Trinajstić information content (AvgIpc) is 2.37. The molecular formula is C13H10ClNO3S. The zero-order valence-corrected chi connectivity index (χ0v) is 11.5. The molecule has 0 aliphatic carbocycles. The summed E-state index contributed by atoms with van der Waals surface area (Å²) in [6.45, 7) is 0. The Kier molecular flexibility index (Phi) is 2.69. The smallest absolute Gasteiger partial charge is 0.262 e. The second kappa shape index (κ2) is 4.15. The molecule has 0 spiro atoms. The number of nitrogens with one attached hydrogen (secondary N) is 1. The van der Waals surface area contributed by atoms with Crippen LogP contribution in [0.2, 0.25) is 5.02 Å². The van der Waals surface area contributed by atoms with E-state index in [1.54, 1.807) is 18.2 Å². The Labute approximate surface area is 116 Å². The number of hydrogen-bond donors (Lipinski definition) is 1. The molecule has 0 bridgehead atoms. The molecule has 0 saturated heterocycles. The quantitative estimate of drug-likeness (QED) is 0.879. The van der Waals surface area contributed by atoms with E-state index in [4.69, 9.17) is 16.3 Å². The Morgan fingerprint density at radius 2 is 1.95 bits per heavy atom. The van der Waals surface area contributed by atoms with Crippen molar-refractivity contribution in [3.8, 4) is 16.9 Å². The van der Waals surface area contributed by atoms with Crippen LogP contribution in [-0.2, 0) is 10.0 Å². The molecule has 6 heteroatoms. The number of benzene rings is 2. The summed E-state index contributed by atoms with van der Waals surface area (Å²) in [5.41, 5.74) is 1.78. The van der Waals surface area contributed by atoms with Crippen molar-refractivity contribution in [3.63, 3.8) is 0 Å². The lowest BCUT2D eigenvalue weighted by Crippen LogP contribution is -2.19. The lowest BCUT2D eigenvalue weighted by Gasteiger charge is -2.23. The Bertz CT molecular complexity index is 771. The van der Waals surface area contributed by atoms with Crippen LogP contribution < -0.4 is 9.46 Å². The van der Waals surface area contributed by atoms with Gasteiger partial charge in [0.1, 0.15) is 5.75 Å². The highest BCUT2D eigenvalue weighted by Crippen LogP contribution is 2.44. The highest BCUT2D eigenvalue weighted by atomic mass is 35.5. The number of methoxy groups -OCH3 is 1. The van der Waals surface area contributed by atoms with Crippen LogP contribution in [0.3, 0.4) is 0 Å². The van der Waals surface area contributed by atoms with Crippen molar-refractivity contribution >= 4 is 27.3 Å². The van der Waals surface area contributed by atoms with E-state index < -0.39 is 10.0 Å². The van der Waals surface area contributed by atoms with Crippen molar-refractivity contribution in [2.24, 2.45) is 0 Å². The number of halogens is 1. The van der Waals surface area contributed by atoms with E-state index in [2.05, 4.69) is 4.72 Å². The van der Waals surface area contributed by atoms with Gasteiger partial charge < -0.3 is 4.74 Å². The predicted molar refractivity (Wildman–Crippen MR) is 74.2 cm³/mol. The van der Waals surface area contributed by atoms with E-state index in [1.165, 1.54) is 13.2 Å². The normalized spacial score (nSPS) is 15.1. The van der Waals surface area contributed by atoms with E-state index in [9.17, 15) is 8.42 Å². The van der Waals surface area contributed by atoms with Crippen molar-refractivity contribution in [3.05, 3.63) is 41.4 Å². The lowest BCUT2D eigenvalue weighted by molar-refractivity contribution is 0.417. The van der Waals surface area contributed by atoms with Crippen molar-refractivity contribution in [2.45, 2.75) is 4.90 Å². The van der Waals surface area contributed by atoms with Gasteiger partial charge in [-0.25, -0.2) is 8.42 Å². The molecule has 0 unspecified atom stereocenters. The first-order valence-corrected chi connectivity index (χ1v) is 7.39. The van der Waals surface area contributed by atoms with Gasteiger partial charge in [-0.15, -0.1) is 0 Å². The van der Waals surface area contributed by atoms with Crippen molar-refractivity contribution < 1.29 is 13.2 Å². The van der Waals surface area contributed by atoms with Gasteiger partial charge in [0.15, 0.2) is 0 Å². The van der Waals surface area contributed by atoms with E-state index >= 15 is 0 Å². The summed E-state index contributed by atoms with van der Waals surface area (Å²) in [4.78, 5) is 0.220.